The summed E-state index contributed by atoms with van der Waals surface area (Å²) < 4.78 is 1.59. The van der Waals surface area contributed by atoms with E-state index in [4.69, 9.17) is 0 Å². The minimum absolute atomic E-state index is 0.00417. The van der Waals surface area contributed by atoms with Crippen LogP contribution in [0.25, 0.3) is 11.0 Å². The van der Waals surface area contributed by atoms with Crippen LogP contribution in [0.4, 0.5) is 0 Å². The summed E-state index contributed by atoms with van der Waals surface area (Å²) in [5.41, 5.74) is 1.71. The Morgan fingerprint density at radius 3 is 3.00 bits per heavy atom. The summed E-state index contributed by atoms with van der Waals surface area (Å²) in [7, 11) is 1.74. The summed E-state index contributed by atoms with van der Waals surface area (Å²) in [6, 6.07) is 6.96. The molecule has 0 aliphatic rings. The lowest BCUT2D eigenvalue weighted by Gasteiger charge is -2.01. The topological polar surface area (TPSA) is 34.9 Å². The molecule has 2 aromatic heterocycles. The maximum atomic E-state index is 11.2. The molecule has 2 rings (SSSR count). The summed E-state index contributed by atoms with van der Waals surface area (Å²) in [6.07, 6.45) is 1.72. The Morgan fingerprint density at radius 2 is 2.17 bits per heavy atom. The number of nitrogens with zero attached hydrogens (tertiary/aromatic N) is 2. The number of hydrogen-bond acceptors (Lipinski definition) is 2. The fraction of sp³-hybridized carbons (Fsp3) is 0.111. The maximum Gasteiger partial charge on any atom is 0.250 e. The van der Waals surface area contributed by atoms with Gasteiger partial charge in [-0.15, -0.1) is 0 Å². The van der Waals surface area contributed by atoms with Crippen molar-refractivity contribution in [1.29, 1.82) is 0 Å². The van der Waals surface area contributed by atoms with Crippen molar-refractivity contribution in [2.75, 3.05) is 0 Å². The Bertz CT molecular complexity index is 473. The molecule has 0 atom stereocenters. The normalized spacial score (nSPS) is 10.4. The molecule has 0 fully saturated rings. The van der Waals surface area contributed by atoms with Gasteiger partial charge in [0.2, 0.25) is 0 Å². The van der Waals surface area contributed by atoms with Gasteiger partial charge in [-0.25, -0.2) is 0 Å². The first kappa shape index (κ1) is 7.03. The molecule has 60 valence electrons. The van der Waals surface area contributed by atoms with Crippen LogP contribution in [0.2, 0.25) is 0 Å². The fourth-order valence-electron chi connectivity index (χ4n) is 1.20. The average molecular weight is 160 g/mol. The van der Waals surface area contributed by atoms with Crippen LogP contribution >= 0.6 is 0 Å². The average Bonchev–Trinajstić information content (AvgIpc) is 2.12. The van der Waals surface area contributed by atoms with Crippen molar-refractivity contribution in [3.63, 3.8) is 0 Å². The molecule has 0 aromatic carbocycles. The van der Waals surface area contributed by atoms with Gasteiger partial charge in [0.05, 0.1) is 11.0 Å². The molecule has 0 aliphatic heterocycles. The van der Waals surface area contributed by atoms with Gasteiger partial charge in [0.15, 0.2) is 0 Å². The molecule has 12 heavy (non-hydrogen) atoms. The van der Waals surface area contributed by atoms with Crippen molar-refractivity contribution in [3.8, 4) is 0 Å². The first-order valence-electron chi connectivity index (χ1n) is 3.70. The number of pyridine rings is 2. The van der Waals surface area contributed by atoms with E-state index < -0.39 is 0 Å². The molecule has 2 heterocycles. The molecule has 0 saturated carbocycles. The molecule has 2 aromatic rings. The van der Waals surface area contributed by atoms with Crippen LogP contribution in [0.1, 0.15) is 0 Å². The third-order valence-electron chi connectivity index (χ3n) is 1.89. The van der Waals surface area contributed by atoms with Crippen molar-refractivity contribution >= 4 is 11.0 Å². The largest absolute Gasteiger partial charge is 0.310 e. The minimum atomic E-state index is -0.00417. The molecular weight excluding hydrogens is 152 g/mol. The van der Waals surface area contributed by atoms with Crippen molar-refractivity contribution < 1.29 is 0 Å². The Balaban J connectivity index is 3.01. The number of fused-ring (bicyclic) bond motifs is 1. The first-order chi connectivity index (χ1) is 5.79. The predicted molar refractivity (Wildman–Crippen MR) is 47.0 cm³/mol. The summed E-state index contributed by atoms with van der Waals surface area (Å²) in [5.74, 6) is 0. The molecule has 0 radical (unpaired) electrons. The van der Waals surface area contributed by atoms with E-state index in [0.29, 0.717) is 0 Å². The predicted octanol–water partition coefficient (Wildman–Crippen LogP) is 0.933. The van der Waals surface area contributed by atoms with Gasteiger partial charge in [-0.1, -0.05) is 0 Å². The lowest BCUT2D eigenvalue weighted by atomic mass is 10.3. The number of hydrogen-bond donors (Lipinski definition) is 0. The Hall–Kier alpha value is -1.64. The third-order valence-corrected chi connectivity index (χ3v) is 1.89. The highest BCUT2D eigenvalue weighted by atomic mass is 16.1. The van der Waals surface area contributed by atoms with Crippen LogP contribution in [-0.2, 0) is 7.05 Å². The van der Waals surface area contributed by atoms with Gasteiger partial charge in [0.25, 0.3) is 5.56 Å². The van der Waals surface area contributed by atoms with Crippen LogP contribution in [-0.4, -0.2) is 9.55 Å². The molecule has 0 unspecified atom stereocenters. The van der Waals surface area contributed by atoms with Crippen molar-refractivity contribution in [3.05, 3.63) is 40.8 Å². The van der Waals surface area contributed by atoms with Crippen molar-refractivity contribution in [2.45, 2.75) is 0 Å². The van der Waals surface area contributed by atoms with E-state index in [9.17, 15) is 4.79 Å². The number of aryl methyl sites for hydroxylation is 1. The van der Waals surface area contributed by atoms with Crippen LogP contribution < -0.4 is 5.56 Å². The summed E-state index contributed by atoms with van der Waals surface area (Å²) in [5, 5.41) is 0. The zero-order valence-electron chi connectivity index (χ0n) is 6.69. The summed E-state index contributed by atoms with van der Waals surface area (Å²) >= 11 is 0. The van der Waals surface area contributed by atoms with Gasteiger partial charge in [0.1, 0.15) is 0 Å². The quantitative estimate of drug-likeness (QED) is 0.574. The molecule has 0 spiro atoms. The zero-order valence-corrected chi connectivity index (χ0v) is 6.69. The standard InChI is InChI=1S/C9H8N2O/c1-11-8-3-2-6-10-7(8)4-5-9(11)12/h2-6H,1H3. The molecule has 0 bridgehead atoms. The Morgan fingerprint density at radius 1 is 1.33 bits per heavy atom. The second-order valence-electron chi connectivity index (χ2n) is 2.64. The smallest absolute Gasteiger partial charge is 0.250 e. The van der Waals surface area contributed by atoms with E-state index in [2.05, 4.69) is 4.98 Å². The van der Waals surface area contributed by atoms with E-state index in [1.54, 1.807) is 23.9 Å². The van der Waals surface area contributed by atoms with Crippen LogP contribution in [0, 0.1) is 0 Å². The molecule has 3 heteroatoms. The van der Waals surface area contributed by atoms with Gasteiger partial charge in [0, 0.05) is 19.3 Å². The second-order valence-corrected chi connectivity index (χ2v) is 2.64. The van der Waals surface area contributed by atoms with E-state index in [1.165, 1.54) is 6.07 Å². The van der Waals surface area contributed by atoms with Gasteiger partial charge in [-0.05, 0) is 18.2 Å². The van der Waals surface area contributed by atoms with E-state index in [0.717, 1.165) is 11.0 Å². The third kappa shape index (κ3) is 0.906. The molecule has 0 amide bonds. The highest BCUT2D eigenvalue weighted by Crippen LogP contribution is 2.05. The summed E-state index contributed by atoms with van der Waals surface area (Å²) in [4.78, 5) is 15.3. The van der Waals surface area contributed by atoms with Crippen LogP contribution in [0.3, 0.4) is 0 Å². The summed E-state index contributed by atoms with van der Waals surface area (Å²) in [6.45, 7) is 0. The monoisotopic (exact) mass is 160 g/mol. The van der Waals surface area contributed by atoms with Crippen LogP contribution in [0.15, 0.2) is 35.3 Å². The molecule has 0 N–H and O–H groups in total. The van der Waals surface area contributed by atoms with Gasteiger partial charge >= 0.3 is 0 Å². The second kappa shape index (κ2) is 2.44. The molecule has 3 nitrogen and oxygen atoms in total. The fourth-order valence-corrected chi connectivity index (χ4v) is 1.20. The van der Waals surface area contributed by atoms with Crippen LogP contribution in [0.5, 0.6) is 0 Å². The van der Waals surface area contributed by atoms with E-state index in [1.807, 2.05) is 12.1 Å². The Labute approximate surface area is 69.3 Å². The molecule has 0 saturated heterocycles. The Kier molecular flexibility index (Phi) is 1.43. The van der Waals surface area contributed by atoms with Gasteiger partial charge in [-0.3, -0.25) is 9.78 Å². The molecular formula is C9H8N2O. The van der Waals surface area contributed by atoms with E-state index in [-0.39, 0.29) is 5.56 Å². The van der Waals surface area contributed by atoms with Gasteiger partial charge in [-0.2, -0.15) is 0 Å². The minimum Gasteiger partial charge on any atom is -0.310 e. The van der Waals surface area contributed by atoms with E-state index >= 15 is 0 Å². The van der Waals surface area contributed by atoms with Crippen molar-refractivity contribution in [1.82, 2.24) is 9.55 Å². The lowest BCUT2D eigenvalue weighted by molar-refractivity contribution is 0.903. The SMILES string of the molecule is Cn1c(=O)ccc2ncccc21. The highest BCUT2D eigenvalue weighted by molar-refractivity contribution is 5.73. The first-order valence-corrected chi connectivity index (χ1v) is 3.70. The maximum absolute atomic E-state index is 11.2. The van der Waals surface area contributed by atoms with Gasteiger partial charge < -0.3 is 4.57 Å². The highest BCUT2D eigenvalue weighted by Gasteiger charge is 1.96. The number of rotatable bonds is 0. The lowest BCUT2D eigenvalue weighted by Crippen LogP contribution is -2.15. The van der Waals surface area contributed by atoms with Crippen molar-refractivity contribution in [2.24, 2.45) is 7.05 Å². The zero-order chi connectivity index (χ0) is 8.55. The number of aromatic nitrogens is 2. The molecule has 0 aliphatic carbocycles.